The first-order chi connectivity index (χ1) is 12.8. The lowest BCUT2D eigenvalue weighted by Gasteiger charge is -2.17. The summed E-state index contributed by atoms with van der Waals surface area (Å²) in [5, 5.41) is 3.17. The van der Waals surface area contributed by atoms with Gasteiger partial charge >= 0.3 is 0 Å². The molecule has 1 amide bonds. The minimum absolute atomic E-state index is 0.0956. The smallest absolute Gasteiger partial charge is 0.221 e. The molecule has 1 N–H and O–H groups in total. The van der Waals surface area contributed by atoms with Crippen molar-refractivity contribution >= 4 is 17.7 Å². The number of hydrogen-bond acceptors (Lipinski definition) is 2. The summed E-state index contributed by atoms with van der Waals surface area (Å²) in [6.45, 7) is 0.667. The van der Waals surface area contributed by atoms with E-state index < -0.39 is 0 Å². The van der Waals surface area contributed by atoms with Gasteiger partial charge in [0, 0.05) is 23.1 Å². The zero-order valence-corrected chi connectivity index (χ0v) is 15.5. The van der Waals surface area contributed by atoms with Gasteiger partial charge in [-0.2, -0.15) is 0 Å². The van der Waals surface area contributed by atoms with Gasteiger partial charge in [-0.05, 0) is 29.7 Å². The Morgan fingerprint density at radius 3 is 2.04 bits per heavy atom. The zero-order chi connectivity index (χ0) is 18.0. The molecule has 0 radical (unpaired) electrons. The molecule has 0 aromatic heterocycles. The molecule has 132 valence electrons. The van der Waals surface area contributed by atoms with E-state index in [1.165, 1.54) is 16.0 Å². The fourth-order valence-corrected chi connectivity index (χ4v) is 3.96. The fourth-order valence-electron chi connectivity index (χ4n) is 2.79. The molecule has 0 aliphatic carbocycles. The van der Waals surface area contributed by atoms with Crippen LogP contribution >= 0.6 is 11.8 Å². The van der Waals surface area contributed by atoms with E-state index in [1.54, 1.807) is 11.8 Å². The van der Waals surface area contributed by atoms with Gasteiger partial charge in [-0.25, -0.2) is 0 Å². The van der Waals surface area contributed by atoms with Gasteiger partial charge in [-0.3, -0.25) is 4.79 Å². The number of rotatable bonds is 8. The molecular weight excluding hydrogens is 338 g/mol. The van der Waals surface area contributed by atoms with Gasteiger partial charge in [-0.15, -0.1) is 11.8 Å². The van der Waals surface area contributed by atoms with Crippen LogP contribution in [0.4, 0.5) is 0 Å². The largest absolute Gasteiger partial charge is 0.356 e. The summed E-state index contributed by atoms with van der Waals surface area (Å²) in [7, 11) is 0. The molecule has 0 saturated heterocycles. The van der Waals surface area contributed by atoms with E-state index in [1.807, 2.05) is 54.6 Å². The number of hydrogen-bond donors (Lipinski definition) is 1. The van der Waals surface area contributed by atoms with Gasteiger partial charge in [0.25, 0.3) is 0 Å². The number of amides is 1. The Bertz CT molecular complexity index is 790. The molecule has 0 saturated carbocycles. The van der Waals surface area contributed by atoms with Crippen molar-refractivity contribution in [3.63, 3.8) is 0 Å². The van der Waals surface area contributed by atoms with E-state index >= 15 is 0 Å². The van der Waals surface area contributed by atoms with Gasteiger partial charge in [0.05, 0.1) is 0 Å². The van der Waals surface area contributed by atoms with Gasteiger partial charge in [0.2, 0.25) is 5.91 Å². The van der Waals surface area contributed by atoms with Crippen LogP contribution in [-0.4, -0.2) is 12.5 Å². The molecule has 0 bridgehead atoms. The lowest BCUT2D eigenvalue weighted by atomic mass is 10.1. The fraction of sp³-hybridized carbons (Fsp3) is 0.174. The Morgan fingerprint density at radius 1 is 0.808 bits per heavy atom. The summed E-state index contributed by atoms with van der Waals surface area (Å²) < 4.78 is 0. The molecule has 3 rings (SSSR count). The van der Waals surface area contributed by atoms with Crippen LogP contribution in [0.15, 0.2) is 95.9 Å². The molecule has 3 aromatic carbocycles. The molecule has 0 heterocycles. The standard InChI is InChI=1S/C23H23NOS/c25-23(24-17-16-19-10-4-1-5-11-19)18-22(20-12-6-2-7-13-20)26-21-14-8-3-9-15-21/h1-15,22H,16-18H2,(H,24,25). The molecule has 1 atom stereocenters. The minimum atomic E-state index is 0.0956. The SMILES string of the molecule is O=C(CC(Sc1ccccc1)c1ccccc1)NCCc1ccccc1. The van der Waals surface area contributed by atoms with Gasteiger partial charge in [-0.1, -0.05) is 78.9 Å². The topological polar surface area (TPSA) is 29.1 Å². The molecule has 26 heavy (non-hydrogen) atoms. The number of benzene rings is 3. The second kappa shape index (κ2) is 9.83. The second-order valence-corrected chi connectivity index (χ2v) is 7.40. The highest BCUT2D eigenvalue weighted by Crippen LogP contribution is 2.37. The van der Waals surface area contributed by atoms with Crippen molar-refractivity contribution in [2.24, 2.45) is 0 Å². The van der Waals surface area contributed by atoms with Crippen molar-refractivity contribution in [1.29, 1.82) is 0 Å². The molecule has 0 fully saturated rings. The van der Waals surface area contributed by atoms with Crippen LogP contribution in [0, 0.1) is 0 Å². The molecule has 0 aliphatic heterocycles. The average Bonchev–Trinajstić information content (AvgIpc) is 2.70. The van der Waals surface area contributed by atoms with E-state index in [0.29, 0.717) is 13.0 Å². The lowest BCUT2D eigenvalue weighted by Crippen LogP contribution is -2.26. The highest BCUT2D eigenvalue weighted by atomic mass is 32.2. The number of carbonyl (C=O) groups excluding carboxylic acids is 1. The Hall–Kier alpha value is -2.52. The van der Waals surface area contributed by atoms with Crippen molar-refractivity contribution in [2.45, 2.75) is 23.0 Å². The highest BCUT2D eigenvalue weighted by molar-refractivity contribution is 7.99. The Balaban J connectivity index is 1.59. The summed E-state index contributed by atoms with van der Waals surface area (Å²) in [6, 6.07) is 30.8. The maximum atomic E-state index is 12.5. The van der Waals surface area contributed by atoms with Crippen LogP contribution in [0.25, 0.3) is 0 Å². The van der Waals surface area contributed by atoms with Crippen LogP contribution in [0.5, 0.6) is 0 Å². The summed E-state index contributed by atoms with van der Waals surface area (Å²) in [5.74, 6) is 0.0956. The van der Waals surface area contributed by atoms with Crippen LogP contribution in [0.2, 0.25) is 0 Å². The third kappa shape index (κ3) is 5.78. The summed E-state index contributed by atoms with van der Waals surface area (Å²) in [5.41, 5.74) is 2.42. The molecule has 3 aromatic rings. The third-order valence-electron chi connectivity index (χ3n) is 4.14. The first-order valence-corrected chi connectivity index (χ1v) is 9.76. The first-order valence-electron chi connectivity index (χ1n) is 8.88. The van der Waals surface area contributed by atoms with E-state index in [0.717, 1.165) is 6.42 Å². The predicted octanol–water partition coefficient (Wildman–Crippen LogP) is 5.27. The van der Waals surface area contributed by atoms with Gasteiger partial charge in [0.1, 0.15) is 0 Å². The minimum Gasteiger partial charge on any atom is -0.356 e. The summed E-state index contributed by atoms with van der Waals surface area (Å²) >= 11 is 1.74. The Labute approximate surface area is 159 Å². The van der Waals surface area contributed by atoms with Crippen LogP contribution in [0.3, 0.4) is 0 Å². The number of thioether (sulfide) groups is 1. The number of nitrogens with one attached hydrogen (secondary N) is 1. The Morgan fingerprint density at radius 2 is 1.38 bits per heavy atom. The maximum Gasteiger partial charge on any atom is 0.221 e. The van der Waals surface area contributed by atoms with Crippen molar-refractivity contribution < 1.29 is 4.79 Å². The van der Waals surface area contributed by atoms with Crippen LogP contribution in [0.1, 0.15) is 22.8 Å². The molecule has 3 heteroatoms. The van der Waals surface area contributed by atoms with E-state index in [-0.39, 0.29) is 11.2 Å². The van der Waals surface area contributed by atoms with Gasteiger partial charge < -0.3 is 5.32 Å². The maximum absolute atomic E-state index is 12.5. The van der Waals surface area contributed by atoms with E-state index in [9.17, 15) is 4.79 Å². The lowest BCUT2D eigenvalue weighted by molar-refractivity contribution is -0.121. The van der Waals surface area contributed by atoms with Crippen molar-refractivity contribution in [2.75, 3.05) is 6.54 Å². The second-order valence-electron chi connectivity index (χ2n) is 6.12. The number of carbonyl (C=O) groups is 1. The molecule has 0 aliphatic rings. The van der Waals surface area contributed by atoms with Crippen LogP contribution < -0.4 is 5.32 Å². The molecule has 0 spiro atoms. The summed E-state index contributed by atoms with van der Waals surface area (Å²) in [4.78, 5) is 13.7. The Kier molecular flexibility index (Phi) is 6.91. The normalized spacial score (nSPS) is 11.7. The first kappa shape index (κ1) is 18.3. The average molecular weight is 362 g/mol. The molecule has 2 nitrogen and oxygen atoms in total. The van der Waals surface area contributed by atoms with E-state index in [4.69, 9.17) is 0 Å². The molecular formula is C23H23NOS. The van der Waals surface area contributed by atoms with Crippen molar-refractivity contribution in [3.8, 4) is 0 Å². The molecule has 1 unspecified atom stereocenters. The monoisotopic (exact) mass is 361 g/mol. The quantitative estimate of drug-likeness (QED) is 0.554. The zero-order valence-electron chi connectivity index (χ0n) is 14.7. The summed E-state index contributed by atoms with van der Waals surface area (Å²) in [6.07, 6.45) is 1.33. The van der Waals surface area contributed by atoms with Crippen molar-refractivity contribution in [3.05, 3.63) is 102 Å². The van der Waals surface area contributed by atoms with Gasteiger partial charge in [0.15, 0.2) is 0 Å². The van der Waals surface area contributed by atoms with E-state index in [2.05, 4.69) is 41.7 Å². The predicted molar refractivity (Wildman–Crippen MR) is 109 cm³/mol. The highest BCUT2D eigenvalue weighted by Gasteiger charge is 2.17. The third-order valence-corrected chi connectivity index (χ3v) is 5.41. The van der Waals surface area contributed by atoms with Crippen molar-refractivity contribution in [1.82, 2.24) is 5.32 Å². The van der Waals surface area contributed by atoms with Crippen LogP contribution in [-0.2, 0) is 11.2 Å².